The number of nitrogens with two attached hydrogens (primary N) is 1. The first kappa shape index (κ1) is 28.8. The molecule has 0 aromatic rings. The normalized spacial score (nSPS) is 11.2. The Morgan fingerprint density at radius 3 is 1.80 bits per heavy atom. The molecule has 0 aliphatic rings. The summed E-state index contributed by atoms with van der Waals surface area (Å²) < 4.78 is 0. The van der Waals surface area contributed by atoms with E-state index in [-0.39, 0.29) is 88.7 Å². The van der Waals surface area contributed by atoms with E-state index in [9.17, 15) is 24.3 Å². The second kappa shape index (κ2) is 13.3. The minimum absolute atomic E-state index is 0. The van der Waals surface area contributed by atoms with Gasteiger partial charge in [0.05, 0.1) is 12.8 Å². The SMILES string of the molecule is NC(=O)NOC(=O)CC(O)(CC(=O)O)C(=O)O.[NaH].[NaH].[NaH]. The summed E-state index contributed by atoms with van der Waals surface area (Å²) in [6.07, 6.45) is -2.36. The van der Waals surface area contributed by atoms with Crippen LogP contribution in [0.1, 0.15) is 12.8 Å². The van der Waals surface area contributed by atoms with Gasteiger partial charge in [-0.15, -0.1) is 0 Å². The molecule has 1 unspecified atom stereocenters. The number of rotatable bonds is 5. The zero-order chi connectivity index (χ0) is 13.6. The molecule has 0 aliphatic carbocycles. The van der Waals surface area contributed by atoms with Crippen LogP contribution in [0.3, 0.4) is 0 Å². The van der Waals surface area contributed by atoms with Crippen LogP contribution in [-0.4, -0.2) is 134 Å². The fourth-order valence-corrected chi connectivity index (χ4v) is 0.846. The van der Waals surface area contributed by atoms with Crippen LogP contribution in [0.2, 0.25) is 0 Å². The average molecular weight is 322 g/mol. The summed E-state index contributed by atoms with van der Waals surface area (Å²) in [7, 11) is 0. The number of hydrogen-bond donors (Lipinski definition) is 5. The van der Waals surface area contributed by atoms with Gasteiger partial charge in [0.15, 0.2) is 5.60 Å². The Balaban J connectivity index is -0.000000427. The van der Waals surface area contributed by atoms with Crippen LogP contribution in [0.25, 0.3) is 0 Å². The van der Waals surface area contributed by atoms with Crippen LogP contribution in [0.15, 0.2) is 0 Å². The molecule has 0 saturated carbocycles. The number of carbonyl (C=O) groups excluding carboxylic acids is 2. The first-order valence-corrected chi connectivity index (χ1v) is 4.10. The summed E-state index contributed by atoms with van der Waals surface area (Å²) in [5, 5.41) is 26.3. The van der Waals surface area contributed by atoms with E-state index < -0.39 is 42.4 Å². The standard InChI is InChI=1S/C7H10N2O8.3Na.3H/c8-6(15)9-17-4(12)2-7(16,5(13)14)1-3(10)11;;;;;;/h16H,1-2H2,(H,10,11)(H,13,14)(H3,8,9,15);;;;;;. The van der Waals surface area contributed by atoms with E-state index in [1.807, 2.05) is 0 Å². The van der Waals surface area contributed by atoms with Gasteiger partial charge >= 0.3 is 113 Å². The van der Waals surface area contributed by atoms with Gasteiger partial charge in [-0.3, -0.25) is 4.79 Å². The molecular formula is C7H13N2Na3O8. The van der Waals surface area contributed by atoms with Gasteiger partial charge in [0.1, 0.15) is 0 Å². The summed E-state index contributed by atoms with van der Waals surface area (Å²) in [5.41, 5.74) is 3.13. The third-order valence-corrected chi connectivity index (χ3v) is 1.54. The summed E-state index contributed by atoms with van der Waals surface area (Å²) in [5.74, 6) is -4.88. The maximum atomic E-state index is 10.9. The molecule has 0 aromatic heterocycles. The molecule has 10 nitrogen and oxygen atoms in total. The van der Waals surface area contributed by atoms with Gasteiger partial charge in [0.25, 0.3) is 0 Å². The van der Waals surface area contributed by atoms with E-state index in [0.717, 1.165) is 0 Å². The molecule has 0 radical (unpaired) electrons. The first-order valence-electron chi connectivity index (χ1n) is 4.10. The fraction of sp³-hybridized carbons (Fsp3) is 0.429. The fourth-order valence-electron chi connectivity index (χ4n) is 0.846. The Hall–Kier alpha value is 0.640. The van der Waals surface area contributed by atoms with Crippen molar-refractivity contribution in [2.24, 2.45) is 5.73 Å². The molecule has 0 heterocycles. The molecule has 0 spiro atoms. The summed E-state index contributed by atoms with van der Waals surface area (Å²) in [4.78, 5) is 45.9. The van der Waals surface area contributed by atoms with E-state index in [1.165, 1.54) is 5.48 Å². The number of nitrogens with one attached hydrogen (secondary N) is 1. The monoisotopic (exact) mass is 322 g/mol. The summed E-state index contributed by atoms with van der Waals surface area (Å²) >= 11 is 0. The van der Waals surface area contributed by atoms with Crippen molar-refractivity contribution in [3.05, 3.63) is 0 Å². The number of hydroxylamine groups is 1. The van der Waals surface area contributed by atoms with Gasteiger partial charge in [-0.25, -0.2) is 14.4 Å². The van der Waals surface area contributed by atoms with E-state index in [4.69, 9.17) is 10.2 Å². The van der Waals surface area contributed by atoms with Crippen molar-refractivity contribution < 1.29 is 39.3 Å². The van der Waals surface area contributed by atoms with E-state index in [0.29, 0.717) is 0 Å². The minimum atomic E-state index is -2.82. The molecule has 2 amide bonds. The summed E-state index contributed by atoms with van der Waals surface area (Å²) in [6.45, 7) is 0. The van der Waals surface area contributed by atoms with Crippen LogP contribution in [0.4, 0.5) is 4.79 Å². The van der Waals surface area contributed by atoms with Gasteiger partial charge in [-0.2, -0.15) is 5.48 Å². The molecule has 0 saturated heterocycles. The van der Waals surface area contributed by atoms with Gasteiger partial charge < -0.3 is 25.9 Å². The molecule has 102 valence electrons. The van der Waals surface area contributed by atoms with Gasteiger partial charge in [-0.05, 0) is 0 Å². The second-order valence-electron chi connectivity index (χ2n) is 3.02. The molecule has 0 rings (SSSR count). The molecule has 20 heavy (non-hydrogen) atoms. The zero-order valence-corrected chi connectivity index (χ0v) is 8.37. The number of carboxylic acids is 2. The molecule has 0 bridgehead atoms. The Labute approximate surface area is 179 Å². The van der Waals surface area contributed by atoms with Crippen molar-refractivity contribution in [3.8, 4) is 0 Å². The van der Waals surface area contributed by atoms with Crippen molar-refractivity contribution in [1.82, 2.24) is 5.48 Å². The zero-order valence-electron chi connectivity index (χ0n) is 8.37. The molecule has 6 N–H and O–H groups in total. The molecule has 0 fully saturated rings. The topological polar surface area (TPSA) is 176 Å². The number of hydrogen-bond acceptors (Lipinski definition) is 6. The van der Waals surface area contributed by atoms with Gasteiger partial charge in [0.2, 0.25) is 0 Å². The number of aliphatic carboxylic acids is 2. The quantitative estimate of drug-likeness (QED) is 0.250. The second-order valence-corrected chi connectivity index (χ2v) is 3.02. The van der Waals surface area contributed by atoms with E-state index in [1.54, 1.807) is 0 Å². The van der Waals surface area contributed by atoms with Crippen molar-refractivity contribution in [3.63, 3.8) is 0 Å². The molecular weight excluding hydrogens is 309 g/mol. The van der Waals surface area contributed by atoms with E-state index >= 15 is 0 Å². The first-order chi connectivity index (χ1) is 7.67. The predicted molar refractivity (Wildman–Crippen MR) is 69.7 cm³/mol. The summed E-state index contributed by atoms with van der Waals surface area (Å²) in [6, 6.07) is -1.21. The van der Waals surface area contributed by atoms with Crippen LogP contribution in [0, 0.1) is 0 Å². The Morgan fingerprint density at radius 1 is 1.05 bits per heavy atom. The maximum absolute atomic E-state index is 10.9. The number of primary amides is 1. The van der Waals surface area contributed by atoms with Crippen LogP contribution >= 0.6 is 0 Å². The third-order valence-electron chi connectivity index (χ3n) is 1.54. The predicted octanol–water partition coefficient (Wildman–Crippen LogP) is -4.15. The van der Waals surface area contributed by atoms with Crippen molar-refractivity contribution in [2.45, 2.75) is 18.4 Å². The molecule has 0 aliphatic heterocycles. The molecule has 0 aromatic carbocycles. The average Bonchev–Trinajstić information content (AvgIpc) is 2.12. The van der Waals surface area contributed by atoms with Crippen LogP contribution < -0.4 is 11.2 Å². The van der Waals surface area contributed by atoms with Gasteiger partial charge in [-0.1, -0.05) is 0 Å². The van der Waals surface area contributed by atoms with Crippen molar-refractivity contribution in [2.75, 3.05) is 0 Å². The molecule has 13 heteroatoms. The Kier molecular flexibility index (Phi) is 19.1. The Morgan fingerprint density at radius 2 is 1.50 bits per heavy atom. The van der Waals surface area contributed by atoms with Crippen molar-refractivity contribution in [1.29, 1.82) is 0 Å². The van der Waals surface area contributed by atoms with Crippen molar-refractivity contribution >= 4 is 113 Å². The number of carbonyl (C=O) groups is 4. The van der Waals surface area contributed by atoms with Gasteiger partial charge in [0, 0.05) is 0 Å². The number of aliphatic hydroxyl groups is 1. The van der Waals surface area contributed by atoms with E-state index in [2.05, 4.69) is 10.6 Å². The Bertz CT molecular complexity index is 366. The number of carboxylic acid groups (broad SMARTS) is 2. The van der Waals surface area contributed by atoms with Crippen LogP contribution in [0.5, 0.6) is 0 Å². The molecule has 1 atom stereocenters. The third kappa shape index (κ3) is 12.4. The number of amides is 2. The number of urea groups is 1. The van der Waals surface area contributed by atoms with Crippen LogP contribution in [-0.2, 0) is 19.2 Å².